The summed E-state index contributed by atoms with van der Waals surface area (Å²) in [6, 6.07) is 9.51. The molecule has 0 bridgehead atoms. The van der Waals surface area contributed by atoms with Gasteiger partial charge in [-0.3, -0.25) is 14.4 Å². The maximum Gasteiger partial charge on any atom is 0.242 e. The summed E-state index contributed by atoms with van der Waals surface area (Å²) in [6.07, 6.45) is 3.96. The van der Waals surface area contributed by atoms with Gasteiger partial charge in [0.15, 0.2) is 0 Å². The number of carbonyl (C=O) groups excluding carboxylic acids is 3. The summed E-state index contributed by atoms with van der Waals surface area (Å²) in [4.78, 5) is 39.5. The van der Waals surface area contributed by atoms with Crippen molar-refractivity contribution in [3.05, 3.63) is 35.9 Å². The van der Waals surface area contributed by atoms with E-state index < -0.39 is 6.04 Å². The maximum atomic E-state index is 12.7. The van der Waals surface area contributed by atoms with Crippen LogP contribution in [0.1, 0.15) is 58.4 Å². The number of piperidine rings is 1. The summed E-state index contributed by atoms with van der Waals surface area (Å²) in [5, 5.41) is 5.89. The number of aryl methyl sites for hydroxylation is 1. The Labute approximate surface area is 180 Å². The van der Waals surface area contributed by atoms with Crippen molar-refractivity contribution in [2.75, 3.05) is 19.6 Å². The predicted octanol–water partition coefficient (Wildman–Crippen LogP) is 2.91. The number of likely N-dealkylation sites (tertiary alicyclic amines) is 1. The predicted molar refractivity (Wildman–Crippen MR) is 119 cm³/mol. The van der Waals surface area contributed by atoms with E-state index >= 15 is 0 Å². The molecule has 1 aromatic rings. The third kappa shape index (κ3) is 7.81. The van der Waals surface area contributed by atoms with E-state index in [4.69, 9.17) is 0 Å². The van der Waals surface area contributed by atoms with Crippen molar-refractivity contribution in [2.24, 2.45) is 11.8 Å². The molecule has 2 N–H and O–H groups in total. The maximum absolute atomic E-state index is 12.7. The van der Waals surface area contributed by atoms with Crippen LogP contribution in [0.5, 0.6) is 0 Å². The van der Waals surface area contributed by atoms with Crippen LogP contribution in [0, 0.1) is 11.8 Å². The first-order chi connectivity index (χ1) is 14.4. The lowest BCUT2D eigenvalue weighted by Crippen LogP contribution is -2.54. The Hall–Kier alpha value is -2.37. The standard InChI is InChI=1S/C24H37N3O3/c1-4-14-25-24(30)23(26-21(28)17-18(2)3)20-12-15-27(16-13-20)22(29)11-10-19-8-6-5-7-9-19/h5-9,18,20,23H,4,10-17H2,1-3H3,(H,25,30)(H,26,28). The van der Waals surface area contributed by atoms with Gasteiger partial charge in [0.05, 0.1) is 0 Å². The first-order valence-electron chi connectivity index (χ1n) is 11.3. The average molecular weight is 416 g/mol. The largest absolute Gasteiger partial charge is 0.354 e. The Bertz CT molecular complexity index is 682. The second kappa shape index (κ2) is 12.4. The second-order valence-electron chi connectivity index (χ2n) is 8.64. The Morgan fingerprint density at radius 1 is 1.10 bits per heavy atom. The number of hydrogen-bond donors (Lipinski definition) is 2. The number of hydrogen-bond acceptors (Lipinski definition) is 3. The molecule has 1 fully saturated rings. The molecule has 1 aliphatic rings. The van der Waals surface area contributed by atoms with Gasteiger partial charge in [0.1, 0.15) is 6.04 Å². The summed E-state index contributed by atoms with van der Waals surface area (Å²) < 4.78 is 0. The van der Waals surface area contributed by atoms with Gasteiger partial charge in [0, 0.05) is 32.5 Å². The minimum Gasteiger partial charge on any atom is -0.354 e. The number of rotatable bonds is 10. The summed E-state index contributed by atoms with van der Waals surface area (Å²) in [6.45, 7) is 7.86. The van der Waals surface area contributed by atoms with Crippen LogP contribution < -0.4 is 10.6 Å². The highest BCUT2D eigenvalue weighted by atomic mass is 16.2. The van der Waals surface area contributed by atoms with Crippen LogP contribution in [0.4, 0.5) is 0 Å². The second-order valence-corrected chi connectivity index (χ2v) is 8.64. The van der Waals surface area contributed by atoms with E-state index in [2.05, 4.69) is 10.6 Å². The first-order valence-corrected chi connectivity index (χ1v) is 11.3. The Balaban J connectivity index is 1.89. The zero-order valence-electron chi connectivity index (χ0n) is 18.7. The minimum atomic E-state index is -0.524. The molecule has 3 amide bonds. The van der Waals surface area contributed by atoms with Crippen molar-refractivity contribution in [1.29, 1.82) is 0 Å². The fourth-order valence-corrected chi connectivity index (χ4v) is 3.90. The zero-order valence-corrected chi connectivity index (χ0v) is 18.7. The molecule has 1 saturated heterocycles. The smallest absolute Gasteiger partial charge is 0.242 e. The molecule has 0 radical (unpaired) electrons. The van der Waals surface area contributed by atoms with Crippen LogP contribution >= 0.6 is 0 Å². The average Bonchev–Trinajstić information content (AvgIpc) is 2.74. The lowest BCUT2D eigenvalue weighted by Gasteiger charge is -2.36. The monoisotopic (exact) mass is 415 g/mol. The Morgan fingerprint density at radius 2 is 1.77 bits per heavy atom. The van der Waals surface area contributed by atoms with Crippen LogP contribution in [0.3, 0.4) is 0 Å². The van der Waals surface area contributed by atoms with Gasteiger partial charge in [-0.05, 0) is 43.1 Å². The minimum absolute atomic E-state index is 0.0520. The molecule has 166 valence electrons. The number of amides is 3. The molecular weight excluding hydrogens is 378 g/mol. The summed E-state index contributed by atoms with van der Waals surface area (Å²) in [7, 11) is 0. The highest BCUT2D eigenvalue weighted by Gasteiger charge is 2.33. The van der Waals surface area contributed by atoms with Crippen LogP contribution in [0.25, 0.3) is 0 Å². The van der Waals surface area contributed by atoms with Crippen molar-refractivity contribution >= 4 is 17.7 Å². The van der Waals surface area contributed by atoms with Crippen LogP contribution in [-0.2, 0) is 20.8 Å². The number of benzene rings is 1. The molecule has 1 atom stereocenters. The van der Waals surface area contributed by atoms with E-state index in [1.807, 2.05) is 56.0 Å². The molecule has 0 aromatic heterocycles. The van der Waals surface area contributed by atoms with Crippen LogP contribution in [0.2, 0.25) is 0 Å². The van der Waals surface area contributed by atoms with Gasteiger partial charge in [0.2, 0.25) is 17.7 Å². The number of carbonyl (C=O) groups is 3. The summed E-state index contributed by atoms with van der Waals surface area (Å²) in [5.74, 6) is 0.267. The van der Waals surface area contributed by atoms with Gasteiger partial charge in [-0.2, -0.15) is 0 Å². The van der Waals surface area contributed by atoms with Gasteiger partial charge >= 0.3 is 0 Å². The van der Waals surface area contributed by atoms with Gasteiger partial charge in [0.25, 0.3) is 0 Å². The highest BCUT2D eigenvalue weighted by molar-refractivity contribution is 5.88. The molecule has 30 heavy (non-hydrogen) atoms. The molecule has 1 unspecified atom stereocenters. The van der Waals surface area contributed by atoms with Crippen LogP contribution in [-0.4, -0.2) is 48.3 Å². The van der Waals surface area contributed by atoms with Crippen molar-refractivity contribution in [2.45, 2.75) is 65.3 Å². The summed E-state index contributed by atoms with van der Waals surface area (Å²) >= 11 is 0. The van der Waals surface area contributed by atoms with E-state index in [1.165, 1.54) is 5.56 Å². The van der Waals surface area contributed by atoms with Gasteiger partial charge in [-0.15, -0.1) is 0 Å². The van der Waals surface area contributed by atoms with E-state index in [9.17, 15) is 14.4 Å². The van der Waals surface area contributed by atoms with Crippen molar-refractivity contribution in [3.8, 4) is 0 Å². The van der Waals surface area contributed by atoms with E-state index in [0.717, 1.165) is 25.7 Å². The zero-order chi connectivity index (χ0) is 21.9. The molecule has 1 aliphatic heterocycles. The molecule has 6 nitrogen and oxygen atoms in total. The van der Waals surface area contributed by atoms with E-state index in [-0.39, 0.29) is 29.6 Å². The van der Waals surface area contributed by atoms with Gasteiger partial charge in [-0.25, -0.2) is 0 Å². The Morgan fingerprint density at radius 3 is 2.37 bits per heavy atom. The van der Waals surface area contributed by atoms with Gasteiger partial charge < -0.3 is 15.5 Å². The van der Waals surface area contributed by atoms with Crippen molar-refractivity contribution in [3.63, 3.8) is 0 Å². The molecule has 1 aromatic carbocycles. The topological polar surface area (TPSA) is 78.5 Å². The van der Waals surface area contributed by atoms with E-state index in [0.29, 0.717) is 32.5 Å². The first kappa shape index (κ1) is 23.9. The quantitative estimate of drug-likeness (QED) is 0.617. The number of nitrogens with one attached hydrogen (secondary N) is 2. The SMILES string of the molecule is CCCNC(=O)C(NC(=O)CC(C)C)C1CCN(C(=O)CCc2ccccc2)CC1. The number of nitrogens with zero attached hydrogens (tertiary/aromatic N) is 1. The third-order valence-corrected chi connectivity index (χ3v) is 5.58. The Kier molecular flexibility index (Phi) is 9.84. The van der Waals surface area contributed by atoms with Crippen molar-refractivity contribution in [1.82, 2.24) is 15.5 Å². The highest BCUT2D eigenvalue weighted by Crippen LogP contribution is 2.22. The third-order valence-electron chi connectivity index (χ3n) is 5.58. The lowest BCUT2D eigenvalue weighted by atomic mass is 9.88. The molecule has 6 heteroatoms. The van der Waals surface area contributed by atoms with Crippen LogP contribution in [0.15, 0.2) is 30.3 Å². The molecule has 0 saturated carbocycles. The van der Waals surface area contributed by atoms with E-state index in [1.54, 1.807) is 0 Å². The van der Waals surface area contributed by atoms with Gasteiger partial charge in [-0.1, -0.05) is 51.1 Å². The molecule has 2 rings (SSSR count). The normalized spacial score (nSPS) is 15.7. The summed E-state index contributed by atoms with van der Waals surface area (Å²) in [5.41, 5.74) is 1.17. The fraction of sp³-hybridized carbons (Fsp3) is 0.625. The molecule has 0 spiro atoms. The van der Waals surface area contributed by atoms with Crippen molar-refractivity contribution < 1.29 is 14.4 Å². The molecule has 1 heterocycles. The molecular formula is C24H37N3O3. The lowest BCUT2D eigenvalue weighted by molar-refractivity contribution is -0.134. The molecule has 0 aliphatic carbocycles. The fourth-order valence-electron chi connectivity index (χ4n) is 3.90.